The van der Waals surface area contributed by atoms with Gasteiger partial charge in [0.05, 0.1) is 24.2 Å². The zero-order valence-corrected chi connectivity index (χ0v) is 16.3. The van der Waals surface area contributed by atoms with Gasteiger partial charge in [-0.3, -0.25) is 0 Å². The molecule has 0 saturated carbocycles. The molecule has 4 aromatic rings. The Morgan fingerprint density at radius 2 is 1.90 bits per heavy atom. The van der Waals surface area contributed by atoms with Gasteiger partial charge in [0.25, 0.3) is 0 Å². The molecule has 150 valence electrons. The Hall–Kier alpha value is -3.48. The van der Waals surface area contributed by atoms with Gasteiger partial charge >= 0.3 is 0 Å². The Labute approximate surface area is 173 Å². The molecule has 0 bridgehead atoms. The zero-order valence-electron chi connectivity index (χ0n) is 16.3. The van der Waals surface area contributed by atoms with Gasteiger partial charge in [-0.1, -0.05) is 30.3 Å². The predicted octanol–water partition coefficient (Wildman–Crippen LogP) is 4.64. The van der Waals surface area contributed by atoms with Crippen LogP contribution in [0.2, 0.25) is 0 Å². The van der Waals surface area contributed by atoms with Crippen molar-refractivity contribution in [2.24, 2.45) is 0 Å². The van der Waals surface area contributed by atoms with Gasteiger partial charge in [0.2, 0.25) is 5.88 Å². The molecule has 0 radical (unpaired) electrons. The fraction of sp³-hybridized carbons (Fsp3) is 0.167. The number of aromatic amines is 1. The number of para-hydroxylation sites is 2. The summed E-state index contributed by atoms with van der Waals surface area (Å²) in [5.41, 5.74) is 4.62. The van der Waals surface area contributed by atoms with Crippen molar-refractivity contribution in [3.05, 3.63) is 89.9 Å². The number of ether oxygens (including phenoxy) is 2. The molecular formula is C24H21N3O3. The minimum absolute atomic E-state index is 0.517. The van der Waals surface area contributed by atoms with Crippen LogP contribution in [0.15, 0.2) is 72.9 Å². The molecule has 6 heteroatoms. The van der Waals surface area contributed by atoms with E-state index in [9.17, 15) is 5.11 Å². The number of hydrogen-bond donors (Lipinski definition) is 2. The number of aromatic nitrogens is 3. The Bertz CT molecular complexity index is 1160. The van der Waals surface area contributed by atoms with E-state index >= 15 is 0 Å². The average molecular weight is 399 g/mol. The Kier molecular flexibility index (Phi) is 5.01. The van der Waals surface area contributed by atoms with Gasteiger partial charge in [-0.25, -0.2) is 9.97 Å². The summed E-state index contributed by atoms with van der Waals surface area (Å²) in [7, 11) is 0. The summed E-state index contributed by atoms with van der Waals surface area (Å²) in [6, 6.07) is 19.0. The Morgan fingerprint density at radius 3 is 2.70 bits per heavy atom. The first kappa shape index (κ1) is 18.5. The van der Waals surface area contributed by atoms with Crippen LogP contribution in [0, 0.1) is 0 Å². The van der Waals surface area contributed by atoms with E-state index in [-0.39, 0.29) is 0 Å². The Morgan fingerprint density at radius 1 is 1.03 bits per heavy atom. The van der Waals surface area contributed by atoms with Crippen molar-refractivity contribution in [1.29, 1.82) is 0 Å². The number of nitrogens with one attached hydrogen (secondary N) is 1. The predicted molar refractivity (Wildman–Crippen MR) is 114 cm³/mol. The average Bonchev–Trinajstić information content (AvgIpc) is 3.24. The fourth-order valence-corrected chi connectivity index (χ4v) is 3.58. The summed E-state index contributed by atoms with van der Waals surface area (Å²) >= 11 is 0. The lowest BCUT2D eigenvalue weighted by Gasteiger charge is -2.16. The third-order valence-corrected chi connectivity index (χ3v) is 5.16. The fourth-order valence-electron chi connectivity index (χ4n) is 3.58. The normalized spacial score (nSPS) is 15.0. The van der Waals surface area contributed by atoms with Crippen molar-refractivity contribution < 1.29 is 14.6 Å². The topological polar surface area (TPSA) is 80.3 Å². The molecule has 1 aliphatic heterocycles. The van der Waals surface area contributed by atoms with Gasteiger partial charge in [0, 0.05) is 11.8 Å². The van der Waals surface area contributed by atoms with Gasteiger partial charge in [0.1, 0.15) is 17.7 Å². The van der Waals surface area contributed by atoms with E-state index < -0.39 is 6.10 Å². The molecule has 0 aliphatic carbocycles. The van der Waals surface area contributed by atoms with Gasteiger partial charge < -0.3 is 19.6 Å². The molecule has 2 N–H and O–H groups in total. The largest absolute Gasteiger partial charge is 0.438 e. The number of pyridine rings is 1. The van der Waals surface area contributed by atoms with Crippen molar-refractivity contribution in [3.63, 3.8) is 0 Å². The van der Waals surface area contributed by atoms with E-state index in [2.05, 4.69) is 21.0 Å². The quantitative estimate of drug-likeness (QED) is 0.511. The number of H-pyrrole nitrogens is 1. The molecule has 0 saturated heterocycles. The van der Waals surface area contributed by atoms with Gasteiger partial charge in [-0.2, -0.15) is 0 Å². The number of hydrogen-bond acceptors (Lipinski definition) is 5. The van der Waals surface area contributed by atoms with Crippen LogP contribution in [0.1, 0.15) is 29.5 Å². The lowest BCUT2D eigenvalue weighted by molar-refractivity contribution is 0.161. The van der Waals surface area contributed by atoms with Crippen LogP contribution in [0.3, 0.4) is 0 Å². The second kappa shape index (κ2) is 8.10. The highest BCUT2D eigenvalue weighted by molar-refractivity contribution is 5.75. The molecule has 0 fully saturated rings. The molecule has 5 rings (SSSR count). The maximum atomic E-state index is 10.7. The second-order valence-electron chi connectivity index (χ2n) is 7.12. The number of nitrogens with zero attached hydrogens (tertiary/aromatic N) is 2. The third kappa shape index (κ3) is 3.70. The van der Waals surface area contributed by atoms with Gasteiger partial charge in [-0.05, 0) is 54.0 Å². The molecule has 3 heterocycles. The highest BCUT2D eigenvalue weighted by Gasteiger charge is 2.16. The van der Waals surface area contributed by atoms with Crippen LogP contribution in [0.25, 0.3) is 16.6 Å². The summed E-state index contributed by atoms with van der Waals surface area (Å²) in [5, 5.41) is 10.7. The van der Waals surface area contributed by atoms with Crippen molar-refractivity contribution in [3.8, 4) is 11.6 Å². The summed E-state index contributed by atoms with van der Waals surface area (Å²) in [4.78, 5) is 12.1. The van der Waals surface area contributed by atoms with Crippen LogP contribution >= 0.6 is 0 Å². The first-order valence-corrected chi connectivity index (χ1v) is 9.90. The lowest BCUT2D eigenvalue weighted by atomic mass is 10.0. The first-order chi connectivity index (χ1) is 14.8. The van der Waals surface area contributed by atoms with Gasteiger partial charge in [0.15, 0.2) is 0 Å². The maximum absolute atomic E-state index is 10.7. The number of imidazole rings is 1. The smallest absolute Gasteiger partial charge is 0.226 e. The first-order valence-electron chi connectivity index (χ1n) is 9.90. The standard InChI is InChI=1S/C24H21N3O3/c28-22(23-26-20-5-1-2-6-21(20)27-23)17-7-9-18(10-8-17)30-24-19(4-3-13-25-24)16-11-14-29-15-12-16/h1-11,13,22,28H,12,14-15H2,(H,26,27). The minimum Gasteiger partial charge on any atom is -0.438 e. The lowest BCUT2D eigenvalue weighted by Crippen LogP contribution is -2.05. The van der Waals surface area contributed by atoms with Crippen molar-refractivity contribution in [2.45, 2.75) is 12.5 Å². The molecule has 0 spiro atoms. The van der Waals surface area contributed by atoms with Gasteiger partial charge in [-0.15, -0.1) is 0 Å². The van der Waals surface area contributed by atoms with E-state index in [4.69, 9.17) is 9.47 Å². The highest BCUT2D eigenvalue weighted by atomic mass is 16.5. The molecule has 1 aliphatic rings. The molecule has 2 aromatic carbocycles. The summed E-state index contributed by atoms with van der Waals surface area (Å²) in [6.07, 6.45) is 3.78. The van der Waals surface area contributed by atoms with Crippen LogP contribution in [0.4, 0.5) is 0 Å². The van der Waals surface area contributed by atoms with Crippen molar-refractivity contribution in [1.82, 2.24) is 15.0 Å². The van der Waals surface area contributed by atoms with Crippen LogP contribution < -0.4 is 4.74 Å². The molecule has 1 atom stereocenters. The van der Waals surface area contributed by atoms with E-state index in [1.54, 1.807) is 6.20 Å². The van der Waals surface area contributed by atoms with E-state index in [0.29, 0.717) is 30.7 Å². The van der Waals surface area contributed by atoms with Crippen LogP contribution in [-0.2, 0) is 4.74 Å². The van der Waals surface area contributed by atoms with Crippen molar-refractivity contribution >= 4 is 16.6 Å². The SMILES string of the molecule is OC(c1ccc(Oc2ncccc2C2=CCOCC2)cc1)c1nc2ccccc2[nH]1. The van der Waals surface area contributed by atoms with E-state index in [1.165, 1.54) is 5.57 Å². The molecule has 6 nitrogen and oxygen atoms in total. The highest BCUT2D eigenvalue weighted by Crippen LogP contribution is 2.32. The summed E-state index contributed by atoms with van der Waals surface area (Å²) < 4.78 is 11.5. The van der Waals surface area contributed by atoms with E-state index in [0.717, 1.165) is 28.6 Å². The van der Waals surface area contributed by atoms with Crippen LogP contribution in [-0.4, -0.2) is 33.3 Å². The van der Waals surface area contributed by atoms with Crippen LogP contribution in [0.5, 0.6) is 11.6 Å². The number of fused-ring (bicyclic) bond motifs is 1. The number of benzene rings is 2. The number of rotatable bonds is 5. The number of aliphatic hydroxyl groups is 1. The third-order valence-electron chi connectivity index (χ3n) is 5.16. The Balaban J connectivity index is 1.36. The molecular weight excluding hydrogens is 378 g/mol. The second-order valence-corrected chi connectivity index (χ2v) is 7.12. The molecule has 30 heavy (non-hydrogen) atoms. The number of aliphatic hydroxyl groups excluding tert-OH is 1. The van der Waals surface area contributed by atoms with E-state index in [1.807, 2.05) is 60.7 Å². The summed E-state index contributed by atoms with van der Waals surface area (Å²) in [5.74, 6) is 1.74. The summed E-state index contributed by atoms with van der Waals surface area (Å²) in [6.45, 7) is 1.31. The molecule has 1 unspecified atom stereocenters. The molecule has 2 aromatic heterocycles. The maximum Gasteiger partial charge on any atom is 0.226 e. The minimum atomic E-state index is -0.843. The molecule has 0 amide bonds. The monoisotopic (exact) mass is 399 g/mol. The zero-order chi connectivity index (χ0) is 20.3. The van der Waals surface area contributed by atoms with Crippen molar-refractivity contribution in [2.75, 3.05) is 13.2 Å².